The Morgan fingerprint density at radius 1 is 0.676 bits per heavy atom. The van der Waals surface area contributed by atoms with E-state index < -0.39 is 11.4 Å². The van der Waals surface area contributed by atoms with E-state index in [-0.39, 0.29) is 17.8 Å². The first-order valence-electron chi connectivity index (χ1n) is 12.8. The van der Waals surface area contributed by atoms with Crippen LogP contribution in [0.1, 0.15) is 41.5 Å². The van der Waals surface area contributed by atoms with Gasteiger partial charge >= 0.3 is 5.97 Å². The Hall–Kier alpha value is -3.40. The highest BCUT2D eigenvalue weighted by molar-refractivity contribution is 5.85. The third-order valence-electron chi connectivity index (χ3n) is 8.05. The van der Waals surface area contributed by atoms with Gasteiger partial charge in [-0.3, -0.25) is 4.79 Å². The molecule has 5 rings (SSSR count). The number of aliphatic carboxylic acids is 1. The Bertz CT molecular complexity index is 1160. The molecule has 1 saturated heterocycles. The van der Waals surface area contributed by atoms with Crippen molar-refractivity contribution in [1.82, 2.24) is 4.90 Å². The Kier molecular flexibility index (Phi) is 8.48. The van der Waals surface area contributed by atoms with Crippen molar-refractivity contribution in [2.75, 3.05) is 19.6 Å². The van der Waals surface area contributed by atoms with Gasteiger partial charge in [0.15, 0.2) is 0 Å². The van der Waals surface area contributed by atoms with Crippen LogP contribution in [0.15, 0.2) is 121 Å². The molecule has 190 valence electrons. The molecule has 0 unspecified atom stereocenters. The summed E-state index contributed by atoms with van der Waals surface area (Å²) >= 11 is 0. The minimum atomic E-state index is -0.798. The third-order valence-corrected chi connectivity index (χ3v) is 8.05. The van der Waals surface area contributed by atoms with Crippen molar-refractivity contribution < 1.29 is 9.90 Å². The Morgan fingerprint density at radius 3 is 1.43 bits per heavy atom. The van der Waals surface area contributed by atoms with Gasteiger partial charge in [0.05, 0.1) is 5.41 Å². The topological polar surface area (TPSA) is 40.5 Å². The monoisotopic (exact) mass is 511 g/mol. The van der Waals surface area contributed by atoms with E-state index in [1.54, 1.807) is 0 Å². The number of likely N-dealkylation sites (tertiary alicyclic amines) is 1. The zero-order valence-corrected chi connectivity index (χ0v) is 21.8. The van der Waals surface area contributed by atoms with Gasteiger partial charge in [-0.1, -0.05) is 121 Å². The minimum Gasteiger partial charge on any atom is -0.481 e. The highest BCUT2D eigenvalue weighted by Gasteiger charge is 2.44. The molecule has 1 N–H and O–H groups in total. The maximum atomic E-state index is 12.4. The molecule has 4 aromatic carbocycles. The van der Waals surface area contributed by atoms with E-state index in [0.29, 0.717) is 12.8 Å². The van der Waals surface area contributed by atoms with Crippen LogP contribution in [0.4, 0.5) is 0 Å². The molecule has 1 heterocycles. The number of carboxylic acids is 1. The van der Waals surface area contributed by atoms with Crippen LogP contribution in [0.25, 0.3) is 0 Å². The lowest BCUT2D eigenvalue weighted by atomic mass is 9.67. The second kappa shape index (κ2) is 11.8. The summed E-state index contributed by atoms with van der Waals surface area (Å²) in [5.41, 5.74) is 3.68. The standard InChI is InChI=1S/C33H33NO2.ClH/c35-31(36)32(27-13-5-1-6-14-27)21-24-34(25-22-32)26-23-33(28-15-7-2-8-16-28,29-17-9-3-10-18-29)30-19-11-4-12-20-30;/h1-20H,21-26H2,(H,35,36);1H. The molecule has 1 aliphatic heterocycles. The minimum absolute atomic E-state index is 0. The molecule has 0 bridgehead atoms. The summed E-state index contributed by atoms with van der Waals surface area (Å²) < 4.78 is 0. The SMILES string of the molecule is Cl.O=C(O)C1(c2ccccc2)CCN(CCC(c2ccccc2)(c2ccccc2)c2ccccc2)CC1. The lowest BCUT2D eigenvalue weighted by Crippen LogP contribution is -2.48. The van der Waals surface area contributed by atoms with Crippen molar-refractivity contribution in [3.05, 3.63) is 144 Å². The number of carboxylic acid groups (broad SMARTS) is 1. The van der Waals surface area contributed by atoms with Gasteiger partial charge in [-0.15, -0.1) is 12.4 Å². The van der Waals surface area contributed by atoms with E-state index in [0.717, 1.165) is 31.6 Å². The summed E-state index contributed by atoms with van der Waals surface area (Å²) in [5, 5.41) is 10.2. The van der Waals surface area contributed by atoms with Gasteiger partial charge in [0.25, 0.3) is 0 Å². The maximum absolute atomic E-state index is 12.4. The van der Waals surface area contributed by atoms with E-state index in [9.17, 15) is 9.90 Å². The number of hydrogen-bond acceptors (Lipinski definition) is 2. The smallest absolute Gasteiger partial charge is 0.314 e. The number of nitrogens with zero attached hydrogens (tertiary/aromatic N) is 1. The second-order valence-corrected chi connectivity index (χ2v) is 9.85. The first-order chi connectivity index (χ1) is 17.6. The first kappa shape index (κ1) is 26.7. The molecule has 37 heavy (non-hydrogen) atoms. The molecule has 4 heteroatoms. The summed E-state index contributed by atoms with van der Waals surface area (Å²) in [4.78, 5) is 14.9. The molecule has 0 amide bonds. The summed E-state index contributed by atoms with van der Waals surface area (Å²) in [6.45, 7) is 2.44. The van der Waals surface area contributed by atoms with E-state index in [1.807, 2.05) is 30.3 Å². The van der Waals surface area contributed by atoms with Crippen LogP contribution in [0, 0.1) is 0 Å². The quantitative estimate of drug-likeness (QED) is 0.260. The summed E-state index contributed by atoms with van der Waals surface area (Å²) in [6.07, 6.45) is 2.17. The molecule has 0 aromatic heterocycles. The van der Waals surface area contributed by atoms with Crippen LogP contribution >= 0.6 is 12.4 Å². The molecular formula is C33H34ClNO2. The second-order valence-electron chi connectivity index (χ2n) is 9.85. The Labute approximate surface area is 226 Å². The van der Waals surface area contributed by atoms with E-state index in [4.69, 9.17) is 0 Å². The highest BCUT2D eigenvalue weighted by atomic mass is 35.5. The molecule has 0 spiro atoms. The van der Waals surface area contributed by atoms with Crippen molar-refractivity contribution >= 4 is 18.4 Å². The van der Waals surface area contributed by atoms with Gasteiger partial charge in [-0.25, -0.2) is 0 Å². The fraction of sp³-hybridized carbons (Fsp3) is 0.242. The number of hydrogen-bond donors (Lipinski definition) is 1. The highest BCUT2D eigenvalue weighted by Crippen LogP contribution is 2.43. The number of rotatable bonds is 8. The number of benzene rings is 4. The van der Waals surface area contributed by atoms with Crippen LogP contribution in [0.3, 0.4) is 0 Å². The Balaban J connectivity index is 0.00000320. The van der Waals surface area contributed by atoms with Crippen molar-refractivity contribution in [3.8, 4) is 0 Å². The molecule has 3 nitrogen and oxygen atoms in total. The van der Waals surface area contributed by atoms with Gasteiger partial charge in [0.1, 0.15) is 0 Å². The van der Waals surface area contributed by atoms with E-state index in [2.05, 4.69) is 95.9 Å². The maximum Gasteiger partial charge on any atom is 0.314 e. The normalized spacial score (nSPS) is 15.5. The van der Waals surface area contributed by atoms with Crippen LogP contribution in [0.5, 0.6) is 0 Å². The van der Waals surface area contributed by atoms with Crippen LogP contribution < -0.4 is 0 Å². The molecule has 0 radical (unpaired) electrons. The average Bonchev–Trinajstić information content (AvgIpc) is 2.96. The molecule has 0 aliphatic carbocycles. The lowest BCUT2D eigenvalue weighted by molar-refractivity contribution is -0.146. The molecular weight excluding hydrogens is 478 g/mol. The number of piperidine rings is 1. The van der Waals surface area contributed by atoms with Crippen molar-refractivity contribution in [1.29, 1.82) is 0 Å². The van der Waals surface area contributed by atoms with E-state index >= 15 is 0 Å². The van der Waals surface area contributed by atoms with Gasteiger partial charge < -0.3 is 10.0 Å². The van der Waals surface area contributed by atoms with E-state index in [1.165, 1.54) is 16.7 Å². The Morgan fingerprint density at radius 2 is 1.05 bits per heavy atom. The lowest BCUT2D eigenvalue weighted by Gasteiger charge is -2.42. The van der Waals surface area contributed by atoms with Crippen molar-refractivity contribution in [3.63, 3.8) is 0 Å². The predicted molar refractivity (Wildman–Crippen MR) is 153 cm³/mol. The van der Waals surface area contributed by atoms with Crippen LogP contribution in [0.2, 0.25) is 0 Å². The predicted octanol–water partition coefficient (Wildman–Crippen LogP) is 6.95. The third kappa shape index (κ3) is 5.20. The van der Waals surface area contributed by atoms with Crippen LogP contribution in [-0.4, -0.2) is 35.6 Å². The molecule has 0 atom stereocenters. The fourth-order valence-electron chi connectivity index (χ4n) is 5.97. The zero-order valence-electron chi connectivity index (χ0n) is 21.0. The number of carbonyl (C=O) groups is 1. The van der Waals surface area contributed by atoms with Gasteiger partial charge in [0, 0.05) is 5.41 Å². The van der Waals surface area contributed by atoms with Gasteiger partial charge in [0.2, 0.25) is 0 Å². The van der Waals surface area contributed by atoms with Gasteiger partial charge in [-0.05, 0) is 61.2 Å². The van der Waals surface area contributed by atoms with Crippen molar-refractivity contribution in [2.24, 2.45) is 0 Å². The average molecular weight is 512 g/mol. The summed E-state index contributed by atoms with van der Waals surface area (Å²) in [6, 6.07) is 42.2. The molecule has 4 aromatic rings. The summed E-state index contributed by atoms with van der Waals surface area (Å²) in [5.74, 6) is -0.708. The van der Waals surface area contributed by atoms with Gasteiger partial charge in [-0.2, -0.15) is 0 Å². The van der Waals surface area contributed by atoms with Crippen molar-refractivity contribution in [2.45, 2.75) is 30.1 Å². The number of halogens is 1. The zero-order chi connectivity index (χ0) is 24.8. The van der Waals surface area contributed by atoms with Crippen LogP contribution in [-0.2, 0) is 15.6 Å². The fourth-order valence-corrected chi connectivity index (χ4v) is 5.97. The summed E-state index contributed by atoms with van der Waals surface area (Å²) in [7, 11) is 0. The largest absolute Gasteiger partial charge is 0.481 e. The molecule has 1 fully saturated rings. The first-order valence-corrected chi connectivity index (χ1v) is 12.8. The molecule has 0 saturated carbocycles. The molecule has 1 aliphatic rings.